The van der Waals surface area contributed by atoms with E-state index in [-0.39, 0.29) is 31.9 Å². The topological polar surface area (TPSA) is 0 Å². The summed E-state index contributed by atoms with van der Waals surface area (Å²) in [7, 11) is 0.312. The summed E-state index contributed by atoms with van der Waals surface area (Å²) >= 11 is 0. The van der Waals surface area contributed by atoms with Crippen LogP contribution in [0.25, 0.3) is 0 Å². The zero-order valence-electron chi connectivity index (χ0n) is 20.4. The smallest absolute Gasteiger partial charge is 0.358 e. The first kappa shape index (κ1) is 29.9. The van der Waals surface area contributed by atoms with Gasteiger partial charge in [-0.2, -0.15) is 0 Å². The largest absolute Gasteiger partial charge is 2.00 e. The monoisotopic (exact) mass is 464 g/mol. The van der Waals surface area contributed by atoms with Gasteiger partial charge in [-0.15, -0.1) is 0 Å². The Balaban J connectivity index is 0.000000863. The zero-order valence-corrected chi connectivity index (χ0v) is 22.4. The van der Waals surface area contributed by atoms with E-state index in [9.17, 15) is 0 Å². The molecule has 3 atom stereocenters. The molecule has 0 N–H and O–H groups in total. The van der Waals surface area contributed by atoms with Crippen molar-refractivity contribution in [1.29, 1.82) is 0 Å². The fourth-order valence-corrected chi connectivity index (χ4v) is 11.1. The molecule has 4 aliphatic rings. The Morgan fingerprint density at radius 2 is 0.966 bits per heavy atom. The molecule has 4 aliphatic carbocycles. The van der Waals surface area contributed by atoms with E-state index < -0.39 is 0 Å². The summed E-state index contributed by atoms with van der Waals surface area (Å²) in [5, 5.41) is 0. The minimum atomic E-state index is 0. The second kappa shape index (κ2) is 16.6. The molecule has 174 valence electrons. The molecule has 0 heterocycles. The van der Waals surface area contributed by atoms with Crippen LogP contribution in [-0.4, -0.2) is 17.0 Å². The minimum Gasteiger partial charge on any atom is -0.358 e. The van der Waals surface area contributed by atoms with E-state index in [0.717, 1.165) is 28.8 Å². The van der Waals surface area contributed by atoms with Crippen LogP contribution in [0, 0.1) is 26.7 Å². The molecule has 0 aromatic rings. The maximum absolute atomic E-state index is 2.69. The molecule has 2 unspecified atom stereocenters. The summed E-state index contributed by atoms with van der Waals surface area (Å²) in [5.41, 5.74) is 3.39. The third-order valence-electron chi connectivity index (χ3n) is 8.13. The van der Waals surface area contributed by atoms with E-state index >= 15 is 0 Å². The fraction of sp³-hybridized carbons (Fsp3) is 0.926. The molecular formula is C27H53FeP. The van der Waals surface area contributed by atoms with Crippen LogP contribution in [0.4, 0.5) is 0 Å². The van der Waals surface area contributed by atoms with Gasteiger partial charge in [-0.05, 0) is 67.3 Å². The summed E-state index contributed by atoms with van der Waals surface area (Å²) < 4.78 is 0. The second-order valence-electron chi connectivity index (χ2n) is 10.2. The normalized spacial score (nSPS) is 29.1. The number of hydrogen-bond donors (Lipinski definition) is 0. The Morgan fingerprint density at radius 3 is 1.31 bits per heavy atom. The molecule has 0 radical (unpaired) electrons. The summed E-state index contributed by atoms with van der Waals surface area (Å²) in [6, 6.07) is 0. The van der Waals surface area contributed by atoms with E-state index in [1.807, 2.05) is 0 Å². The predicted octanol–water partition coefficient (Wildman–Crippen LogP) is 9.81. The Bertz CT molecular complexity index is 343. The van der Waals surface area contributed by atoms with Crippen molar-refractivity contribution in [1.82, 2.24) is 0 Å². The summed E-state index contributed by atoms with van der Waals surface area (Å²) in [6.45, 7) is 5.19. The van der Waals surface area contributed by atoms with Crippen molar-refractivity contribution in [2.75, 3.05) is 0 Å². The van der Waals surface area contributed by atoms with Crippen LogP contribution in [0.15, 0.2) is 0 Å². The number of rotatable bonds is 4. The average molecular weight is 465 g/mol. The number of hydrogen-bond acceptors (Lipinski definition) is 0. The van der Waals surface area contributed by atoms with Gasteiger partial charge in [0.1, 0.15) is 0 Å². The third-order valence-corrected chi connectivity index (χ3v) is 12.2. The van der Waals surface area contributed by atoms with Crippen LogP contribution in [-0.2, 0) is 17.1 Å². The van der Waals surface area contributed by atoms with Crippen molar-refractivity contribution < 1.29 is 17.1 Å². The third kappa shape index (κ3) is 9.54. The van der Waals surface area contributed by atoms with E-state index in [2.05, 4.69) is 13.8 Å². The van der Waals surface area contributed by atoms with E-state index in [0.29, 0.717) is 7.92 Å². The van der Waals surface area contributed by atoms with Gasteiger partial charge < -0.3 is 14.9 Å². The SMILES string of the molecule is C1CCCC1.CC1CCC([C@@H](C)P(C2CCCCC2)C2CCCCC2)C1.[CH3-].[CH3-].[Fe+2]. The van der Waals surface area contributed by atoms with E-state index in [1.165, 1.54) is 51.4 Å². The molecule has 0 aromatic heterocycles. The second-order valence-corrected chi connectivity index (χ2v) is 13.4. The van der Waals surface area contributed by atoms with Gasteiger partial charge in [0, 0.05) is 0 Å². The molecule has 4 saturated carbocycles. The molecule has 29 heavy (non-hydrogen) atoms. The van der Waals surface area contributed by atoms with Crippen LogP contribution < -0.4 is 0 Å². The summed E-state index contributed by atoms with van der Waals surface area (Å²) in [4.78, 5) is 0. The Kier molecular flexibility index (Phi) is 17.1. The molecule has 4 fully saturated rings. The predicted molar refractivity (Wildman–Crippen MR) is 133 cm³/mol. The molecule has 4 rings (SSSR count). The molecule has 0 saturated heterocycles. The first-order valence-corrected chi connectivity index (χ1v) is 14.1. The van der Waals surface area contributed by atoms with Crippen molar-refractivity contribution in [3.63, 3.8) is 0 Å². The minimum absolute atomic E-state index is 0. The molecule has 2 heteroatoms. The van der Waals surface area contributed by atoms with E-state index in [4.69, 9.17) is 0 Å². The fourth-order valence-electron chi connectivity index (χ4n) is 6.54. The Labute approximate surface area is 197 Å². The van der Waals surface area contributed by atoms with Crippen LogP contribution in [0.5, 0.6) is 0 Å². The quantitative estimate of drug-likeness (QED) is 0.221. The van der Waals surface area contributed by atoms with Gasteiger partial charge in [0.25, 0.3) is 0 Å². The first-order valence-electron chi connectivity index (χ1n) is 12.5. The van der Waals surface area contributed by atoms with Gasteiger partial charge >= 0.3 is 17.1 Å². The van der Waals surface area contributed by atoms with Crippen molar-refractivity contribution >= 4 is 7.92 Å². The van der Waals surface area contributed by atoms with Gasteiger partial charge in [-0.1, -0.05) is 98.8 Å². The summed E-state index contributed by atoms with van der Waals surface area (Å²) in [5.74, 6) is 2.11. The maximum Gasteiger partial charge on any atom is 2.00 e. The van der Waals surface area contributed by atoms with Gasteiger partial charge in [0.15, 0.2) is 0 Å². The van der Waals surface area contributed by atoms with Gasteiger partial charge in [-0.25, -0.2) is 0 Å². The molecule has 0 aliphatic heterocycles. The molecule has 0 amide bonds. The van der Waals surface area contributed by atoms with Crippen LogP contribution >= 0.6 is 7.92 Å². The van der Waals surface area contributed by atoms with Crippen LogP contribution in [0.2, 0.25) is 0 Å². The maximum atomic E-state index is 2.69. The molecule has 0 nitrogen and oxygen atoms in total. The Morgan fingerprint density at radius 1 is 0.586 bits per heavy atom. The van der Waals surface area contributed by atoms with Gasteiger partial charge in [0.2, 0.25) is 0 Å². The van der Waals surface area contributed by atoms with Gasteiger partial charge in [0.05, 0.1) is 0 Å². The molecule has 0 bridgehead atoms. The molecule has 0 spiro atoms. The molecule has 0 aromatic carbocycles. The van der Waals surface area contributed by atoms with Gasteiger partial charge in [-0.3, -0.25) is 0 Å². The van der Waals surface area contributed by atoms with Crippen molar-refractivity contribution in [2.24, 2.45) is 11.8 Å². The van der Waals surface area contributed by atoms with Crippen LogP contribution in [0.1, 0.15) is 129 Å². The standard InChI is InChI=1S/C20H37P.C5H10.2CH3.Fe/c1-16-13-14-18(15-16)17(2)21(19-9-5-3-6-10-19)20-11-7-4-8-12-20;1-2-4-5-3-1;;;/h16-20H,3-15H2,1-2H3;1-5H2;2*1H3;/q;;2*-1;+2/t16?,17-,18?;;;;/m1..../s1. The van der Waals surface area contributed by atoms with E-state index in [1.54, 1.807) is 64.2 Å². The average Bonchev–Trinajstić information content (AvgIpc) is 3.39. The zero-order chi connectivity index (χ0) is 18.2. The molecular weight excluding hydrogens is 411 g/mol. The van der Waals surface area contributed by atoms with Crippen molar-refractivity contribution in [3.8, 4) is 0 Å². The first-order chi connectivity index (χ1) is 12.8. The van der Waals surface area contributed by atoms with Crippen molar-refractivity contribution in [2.45, 2.75) is 146 Å². The summed E-state index contributed by atoms with van der Waals surface area (Å²) in [6.07, 6.45) is 27.7. The van der Waals surface area contributed by atoms with Crippen LogP contribution in [0.3, 0.4) is 0 Å². The van der Waals surface area contributed by atoms with Crippen molar-refractivity contribution in [3.05, 3.63) is 14.9 Å². The Hall–Kier alpha value is 0.949.